The molecule has 0 unspecified atom stereocenters. The number of aromatic nitrogens is 3. The highest BCUT2D eigenvalue weighted by Gasteiger charge is 2.43. The number of carbonyl (C=O) groups excluding carboxylic acids is 3. The number of phenolic OH excluding ortho intramolecular Hbond substituents is 1. The molecule has 1 aliphatic rings. The quantitative estimate of drug-likeness (QED) is 0.289. The Morgan fingerprint density at radius 2 is 1.72 bits per heavy atom. The maximum Gasteiger partial charge on any atom is 0.586 e. The van der Waals surface area contributed by atoms with Gasteiger partial charge in [0.25, 0.3) is 11.8 Å². The van der Waals surface area contributed by atoms with Crippen LogP contribution in [0.5, 0.6) is 17.2 Å². The third-order valence-corrected chi connectivity index (χ3v) is 5.77. The Hall–Kier alpha value is -5.27. The van der Waals surface area contributed by atoms with E-state index < -0.39 is 18.1 Å². The molecule has 2 aromatic carbocycles. The van der Waals surface area contributed by atoms with Crippen LogP contribution in [0.15, 0.2) is 54.7 Å². The van der Waals surface area contributed by atoms with Gasteiger partial charge >= 0.3 is 6.29 Å². The molecule has 39 heavy (non-hydrogen) atoms. The fraction of sp³-hybridized carbons (Fsp3) is 0.160. The molecule has 14 heteroatoms. The van der Waals surface area contributed by atoms with Crippen LogP contribution in [0.2, 0.25) is 0 Å². The van der Waals surface area contributed by atoms with Crippen molar-refractivity contribution in [2.45, 2.75) is 19.4 Å². The van der Waals surface area contributed by atoms with Crippen molar-refractivity contribution < 1.29 is 37.7 Å². The number of hydrogen-bond donors (Lipinski definition) is 3. The van der Waals surface area contributed by atoms with Crippen LogP contribution < -0.4 is 25.0 Å². The normalized spacial score (nSPS) is 13.2. The van der Waals surface area contributed by atoms with Crippen molar-refractivity contribution >= 4 is 29.6 Å². The average Bonchev–Trinajstić information content (AvgIpc) is 3.52. The molecule has 12 nitrogen and oxygen atoms in total. The zero-order chi connectivity index (χ0) is 27.7. The first-order valence-electron chi connectivity index (χ1n) is 11.4. The van der Waals surface area contributed by atoms with Crippen molar-refractivity contribution in [2.75, 3.05) is 11.9 Å². The zero-order valence-corrected chi connectivity index (χ0v) is 20.2. The minimum atomic E-state index is -3.75. The molecular weight excluding hydrogens is 518 g/mol. The predicted molar refractivity (Wildman–Crippen MR) is 131 cm³/mol. The van der Waals surface area contributed by atoms with Crippen molar-refractivity contribution in [3.8, 4) is 17.2 Å². The average molecular weight is 538 g/mol. The third kappa shape index (κ3) is 5.25. The number of hydrogen-bond acceptors (Lipinski definition) is 8. The first kappa shape index (κ1) is 25.4. The summed E-state index contributed by atoms with van der Waals surface area (Å²) in [7, 11) is 1.48. The Morgan fingerprint density at radius 1 is 1.03 bits per heavy atom. The van der Waals surface area contributed by atoms with Crippen molar-refractivity contribution in [3.63, 3.8) is 0 Å². The summed E-state index contributed by atoms with van der Waals surface area (Å²) in [4.78, 5) is 42.4. The lowest BCUT2D eigenvalue weighted by atomic mass is 10.1. The molecule has 3 heterocycles. The number of aromatic hydroxyl groups is 1. The molecule has 0 saturated carbocycles. The standard InChI is InChI=1S/C25H20F2N6O6/c1-32(13-34)17-8-14(2-4-19(17)35)11-28-23(36)16-10-18(33-22(31-16)6-7-30-33)24(37)29-12-15-3-5-20-21(9-15)39-25(26,27)38-20/h2-10,13,35H,11-12H2,1H3,(H,28,36)(H,29,37). The molecule has 0 radical (unpaired) electrons. The van der Waals surface area contributed by atoms with Crippen LogP contribution >= 0.6 is 0 Å². The third-order valence-electron chi connectivity index (χ3n) is 5.77. The summed E-state index contributed by atoms with van der Waals surface area (Å²) < 4.78 is 36.6. The zero-order valence-electron chi connectivity index (χ0n) is 20.2. The summed E-state index contributed by atoms with van der Waals surface area (Å²) in [5.74, 6) is -1.53. The number of fused-ring (bicyclic) bond motifs is 2. The smallest absolute Gasteiger partial charge is 0.506 e. The SMILES string of the molecule is CN(C=O)c1cc(CNC(=O)c2cc(C(=O)NCc3ccc4c(c3)OC(F)(F)O4)n3nccc3n2)ccc1O. The van der Waals surface area contributed by atoms with Crippen molar-refractivity contribution in [3.05, 3.63) is 77.2 Å². The number of alkyl halides is 2. The first-order chi connectivity index (χ1) is 18.6. The molecule has 3 N–H and O–H groups in total. The van der Waals surface area contributed by atoms with Crippen LogP contribution in [0.25, 0.3) is 5.65 Å². The van der Waals surface area contributed by atoms with E-state index in [-0.39, 0.29) is 53.1 Å². The van der Waals surface area contributed by atoms with E-state index in [0.717, 1.165) is 0 Å². The number of nitrogens with one attached hydrogen (secondary N) is 2. The van der Waals surface area contributed by atoms with Crippen LogP contribution in [-0.4, -0.2) is 51.3 Å². The summed E-state index contributed by atoms with van der Waals surface area (Å²) >= 11 is 0. The Labute approximate surface area is 218 Å². The lowest BCUT2D eigenvalue weighted by molar-refractivity contribution is -0.286. The van der Waals surface area contributed by atoms with Gasteiger partial charge in [-0.3, -0.25) is 14.4 Å². The second kappa shape index (κ2) is 9.89. The summed E-state index contributed by atoms with van der Waals surface area (Å²) in [5, 5.41) is 19.4. The van der Waals surface area contributed by atoms with Gasteiger partial charge in [0, 0.05) is 32.3 Å². The number of amides is 3. The summed E-state index contributed by atoms with van der Waals surface area (Å²) in [6.45, 7) is 0.0156. The van der Waals surface area contributed by atoms with Crippen molar-refractivity contribution in [1.29, 1.82) is 0 Å². The number of benzene rings is 2. The Morgan fingerprint density at radius 3 is 2.49 bits per heavy atom. The molecule has 3 amide bonds. The number of anilines is 1. The Balaban J connectivity index is 1.30. The van der Waals surface area contributed by atoms with Gasteiger partial charge in [-0.1, -0.05) is 12.1 Å². The topological polar surface area (TPSA) is 147 Å². The van der Waals surface area contributed by atoms with Crippen molar-refractivity contribution in [1.82, 2.24) is 25.2 Å². The van der Waals surface area contributed by atoms with Gasteiger partial charge in [0.2, 0.25) is 6.41 Å². The lowest BCUT2D eigenvalue weighted by Crippen LogP contribution is -2.28. The molecule has 1 aliphatic heterocycles. The van der Waals surface area contributed by atoms with Crippen molar-refractivity contribution in [2.24, 2.45) is 0 Å². The minimum absolute atomic E-state index is 0.0157. The van der Waals surface area contributed by atoms with Crippen LogP contribution in [0.3, 0.4) is 0 Å². The van der Waals surface area contributed by atoms with E-state index in [1.807, 2.05) is 0 Å². The molecule has 0 fully saturated rings. The molecule has 0 spiro atoms. The maximum atomic E-state index is 13.3. The molecule has 0 bridgehead atoms. The molecule has 0 atom stereocenters. The monoisotopic (exact) mass is 538 g/mol. The summed E-state index contributed by atoms with van der Waals surface area (Å²) in [6.07, 6.45) is -1.79. The van der Waals surface area contributed by atoms with Crippen LogP contribution in [0.1, 0.15) is 32.1 Å². The molecular formula is C25H20F2N6O6. The van der Waals surface area contributed by atoms with E-state index in [4.69, 9.17) is 0 Å². The van der Waals surface area contributed by atoms with Gasteiger partial charge in [-0.25, -0.2) is 9.50 Å². The molecule has 200 valence electrons. The van der Waals surface area contributed by atoms with Gasteiger partial charge < -0.3 is 30.1 Å². The first-order valence-corrected chi connectivity index (χ1v) is 11.4. The summed E-state index contributed by atoms with van der Waals surface area (Å²) in [6, 6.07) is 11.5. The highest BCUT2D eigenvalue weighted by atomic mass is 19.3. The largest absolute Gasteiger partial charge is 0.586 e. The van der Waals surface area contributed by atoms with Gasteiger partial charge in [0.15, 0.2) is 17.1 Å². The van der Waals surface area contributed by atoms with E-state index >= 15 is 0 Å². The van der Waals surface area contributed by atoms with Gasteiger partial charge in [0.05, 0.1) is 11.9 Å². The lowest BCUT2D eigenvalue weighted by Gasteiger charge is -2.14. The Bertz CT molecular complexity index is 1610. The van der Waals surface area contributed by atoms with Gasteiger partial charge in [-0.2, -0.15) is 5.10 Å². The molecule has 2 aromatic heterocycles. The van der Waals surface area contributed by atoms with E-state index in [1.165, 1.54) is 59.1 Å². The van der Waals surface area contributed by atoms with Gasteiger partial charge in [0.1, 0.15) is 17.1 Å². The fourth-order valence-electron chi connectivity index (χ4n) is 3.86. The molecule has 0 aliphatic carbocycles. The Kier molecular flexibility index (Phi) is 6.44. The second-order valence-electron chi connectivity index (χ2n) is 8.48. The predicted octanol–water partition coefficient (Wildman–Crippen LogP) is 2.21. The van der Waals surface area contributed by atoms with Gasteiger partial charge in [-0.05, 0) is 35.4 Å². The number of rotatable bonds is 8. The van der Waals surface area contributed by atoms with Crippen LogP contribution in [0, 0.1) is 0 Å². The van der Waals surface area contributed by atoms with E-state index in [1.54, 1.807) is 12.1 Å². The van der Waals surface area contributed by atoms with E-state index in [0.29, 0.717) is 17.5 Å². The fourth-order valence-corrected chi connectivity index (χ4v) is 3.86. The summed E-state index contributed by atoms with van der Waals surface area (Å²) in [5.41, 5.74) is 1.56. The van der Waals surface area contributed by atoms with E-state index in [9.17, 15) is 28.3 Å². The molecule has 5 rings (SSSR count). The highest BCUT2D eigenvalue weighted by molar-refractivity contribution is 5.98. The highest BCUT2D eigenvalue weighted by Crippen LogP contribution is 2.41. The number of nitrogens with zero attached hydrogens (tertiary/aromatic N) is 4. The number of phenols is 1. The minimum Gasteiger partial charge on any atom is -0.506 e. The number of halogens is 2. The second-order valence-corrected chi connectivity index (χ2v) is 8.48. The molecule has 0 saturated heterocycles. The maximum absolute atomic E-state index is 13.3. The van der Waals surface area contributed by atoms with Crippen LogP contribution in [0.4, 0.5) is 14.5 Å². The number of carbonyl (C=O) groups is 3. The van der Waals surface area contributed by atoms with Gasteiger partial charge in [-0.15, -0.1) is 8.78 Å². The van der Waals surface area contributed by atoms with E-state index in [2.05, 4.69) is 30.2 Å². The molecule has 4 aromatic rings. The number of ether oxygens (including phenoxy) is 2. The van der Waals surface area contributed by atoms with Crippen LogP contribution in [-0.2, 0) is 17.9 Å².